The smallest absolute Gasteiger partial charge is 0.123 e. The first-order chi connectivity index (χ1) is 37.7. The second-order valence-electron chi connectivity index (χ2n) is 21.5. The third kappa shape index (κ3) is 6.15. The molecule has 0 N–H and O–H groups in total. The standard InChI is InChI=1S/C70H47F2N3S2/c1-69(2,74-56-23-10-4-16-45(56)46-17-5-11-24-57(46)74)64-65(73-55-22-9-6-20-51(55)62-58(73)37-35-49-47-18-7-12-25-60(47)76-67(49)62)52(41-27-31-43(71)32-28-41)40-53(42-29-33-44(72)34-30-42)66(64)75-59-38-36-50-48-19-8-13-26-61(48)77-68(50)63(59)54-21-14-15-39-70(54,75)3/h4-40,54H,1-3H3. The van der Waals surface area contributed by atoms with Crippen molar-refractivity contribution in [2.24, 2.45) is 0 Å². The van der Waals surface area contributed by atoms with Crippen LogP contribution < -0.4 is 4.90 Å². The van der Waals surface area contributed by atoms with E-state index < -0.39 is 11.1 Å². The molecule has 2 aliphatic rings. The minimum absolute atomic E-state index is 0.0285. The molecule has 0 fully saturated rings. The molecule has 0 saturated heterocycles. The fraction of sp³-hybridized carbons (Fsp3) is 0.0857. The van der Waals surface area contributed by atoms with E-state index in [1.807, 2.05) is 46.9 Å². The highest BCUT2D eigenvalue weighted by Gasteiger charge is 2.51. The van der Waals surface area contributed by atoms with Crippen LogP contribution in [0.4, 0.5) is 20.2 Å². The molecule has 7 heteroatoms. The molecule has 2 atom stereocenters. The average molecular weight is 1030 g/mol. The molecule has 14 aromatic rings. The van der Waals surface area contributed by atoms with Crippen LogP contribution in [0.15, 0.2) is 224 Å². The molecule has 1 aliphatic carbocycles. The van der Waals surface area contributed by atoms with E-state index in [1.165, 1.54) is 62.1 Å². The first kappa shape index (κ1) is 44.7. The Morgan fingerprint density at radius 1 is 0.481 bits per heavy atom. The van der Waals surface area contributed by atoms with E-state index in [2.05, 4.69) is 211 Å². The molecule has 0 saturated carbocycles. The van der Waals surface area contributed by atoms with Gasteiger partial charge in [-0.1, -0.05) is 152 Å². The van der Waals surface area contributed by atoms with Crippen LogP contribution in [0.1, 0.15) is 37.8 Å². The first-order valence-electron chi connectivity index (χ1n) is 26.3. The summed E-state index contributed by atoms with van der Waals surface area (Å²) in [5.41, 5.74) is 12.0. The number of anilines is 2. The van der Waals surface area contributed by atoms with Crippen molar-refractivity contribution in [2.45, 2.75) is 37.8 Å². The van der Waals surface area contributed by atoms with Crippen molar-refractivity contribution in [3.8, 4) is 27.9 Å². The molecule has 3 nitrogen and oxygen atoms in total. The maximum atomic E-state index is 15.5. The zero-order valence-electron chi connectivity index (χ0n) is 42.4. The lowest BCUT2D eigenvalue weighted by molar-refractivity contribution is 0.459. The second kappa shape index (κ2) is 16.2. The predicted octanol–water partition coefficient (Wildman–Crippen LogP) is 20.1. The van der Waals surface area contributed by atoms with E-state index in [0.717, 1.165) is 72.3 Å². The molecule has 0 amide bonds. The third-order valence-electron chi connectivity index (χ3n) is 17.0. The lowest BCUT2D eigenvalue weighted by Crippen LogP contribution is -2.44. The van der Waals surface area contributed by atoms with E-state index in [9.17, 15) is 0 Å². The summed E-state index contributed by atoms with van der Waals surface area (Å²) < 4.78 is 41.1. The van der Waals surface area contributed by atoms with Gasteiger partial charge in [0.2, 0.25) is 0 Å². The molecule has 1 aliphatic heterocycles. The van der Waals surface area contributed by atoms with Crippen LogP contribution in [0.25, 0.3) is 112 Å². The van der Waals surface area contributed by atoms with Gasteiger partial charge in [0.25, 0.3) is 0 Å². The quantitative estimate of drug-likeness (QED) is 0.162. The van der Waals surface area contributed by atoms with E-state index in [-0.39, 0.29) is 17.6 Å². The van der Waals surface area contributed by atoms with Crippen molar-refractivity contribution in [1.29, 1.82) is 0 Å². The number of allylic oxidation sites excluding steroid dienone is 2. The van der Waals surface area contributed by atoms with Crippen molar-refractivity contribution < 1.29 is 8.78 Å². The van der Waals surface area contributed by atoms with Crippen molar-refractivity contribution in [1.82, 2.24) is 9.13 Å². The van der Waals surface area contributed by atoms with Crippen LogP contribution >= 0.6 is 22.7 Å². The number of hydrogen-bond donors (Lipinski definition) is 0. The van der Waals surface area contributed by atoms with E-state index in [1.54, 1.807) is 24.3 Å². The molecule has 4 aromatic heterocycles. The van der Waals surface area contributed by atoms with Gasteiger partial charge < -0.3 is 14.0 Å². The van der Waals surface area contributed by atoms with Gasteiger partial charge in [0.15, 0.2) is 0 Å². The molecule has 0 bridgehead atoms. The molecule has 0 radical (unpaired) electrons. The number of benzene rings is 10. The van der Waals surface area contributed by atoms with Crippen LogP contribution in [-0.4, -0.2) is 14.7 Å². The molecular weight excluding hydrogens is 985 g/mol. The molecule has 5 heterocycles. The van der Waals surface area contributed by atoms with Crippen LogP contribution in [0, 0.1) is 11.6 Å². The Labute approximate surface area is 451 Å². The molecule has 2 unspecified atom stereocenters. The largest absolute Gasteiger partial charge is 0.330 e. The highest BCUT2D eigenvalue weighted by atomic mass is 32.1. The third-order valence-corrected chi connectivity index (χ3v) is 19.5. The summed E-state index contributed by atoms with van der Waals surface area (Å²) in [5, 5.41) is 9.68. The van der Waals surface area contributed by atoms with Crippen LogP contribution in [0.5, 0.6) is 0 Å². The van der Waals surface area contributed by atoms with Gasteiger partial charge in [-0.05, 0) is 105 Å². The number of rotatable bonds is 6. The van der Waals surface area contributed by atoms with Gasteiger partial charge in [-0.2, -0.15) is 0 Å². The minimum Gasteiger partial charge on any atom is -0.330 e. The summed E-state index contributed by atoms with van der Waals surface area (Å²) in [7, 11) is 0. The van der Waals surface area contributed by atoms with E-state index in [0.29, 0.717) is 0 Å². The maximum Gasteiger partial charge on any atom is 0.123 e. The average Bonchev–Trinajstić information content (AvgIpc) is 4.06. The Balaban J connectivity index is 1.16. The fourth-order valence-electron chi connectivity index (χ4n) is 13.8. The lowest BCUT2D eigenvalue weighted by atomic mass is 9.78. The van der Waals surface area contributed by atoms with Crippen molar-refractivity contribution in [3.63, 3.8) is 0 Å². The first-order valence-corrected chi connectivity index (χ1v) is 28.0. The topological polar surface area (TPSA) is 13.1 Å². The number of thiophene rings is 2. The molecule has 16 rings (SSSR count). The fourth-order valence-corrected chi connectivity index (χ4v) is 16.3. The normalized spacial score (nSPS) is 16.4. The SMILES string of the molecule is CC12C=CC=CC1c1c(ccc3c1sc1ccccc13)N2c1c(-c2ccc(F)cc2)cc(-c2ccc(F)cc2)c(-n2c3ccccc3c3c4sc5ccccc5c4ccc32)c1C(C)(C)n1c2ccccc2c2ccccc21. The van der Waals surface area contributed by atoms with Crippen LogP contribution in [-0.2, 0) is 5.54 Å². The van der Waals surface area contributed by atoms with Gasteiger partial charge in [0.1, 0.15) is 11.6 Å². The summed E-state index contributed by atoms with van der Waals surface area (Å²) in [5.74, 6) is -0.641. The van der Waals surface area contributed by atoms with E-state index in [4.69, 9.17) is 0 Å². The Bertz CT molecular complexity index is 4840. The van der Waals surface area contributed by atoms with Gasteiger partial charge in [-0.25, -0.2) is 8.78 Å². The Morgan fingerprint density at radius 2 is 1.00 bits per heavy atom. The van der Waals surface area contributed by atoms with Crippen molar-refractivity contribution in [3.05, 3.63) is 247 Å². The van der Waals surface area contributed by atoms with Crippen molar-refractivity contribution in [2.75, 3.05) is 4.90 Å². The second-order valence-corrected chi connectivity index (χ2v) is 23.6. The predicted molar refractivity (Wildman–Crippen MR) is 323 cm³/mol. The number of aromatic nitrogens is 2. The summed E-state index contributed by atoms with van der Waals surface area (Å²) in [6, 6.07) is 69.6. The zero-order valence-corrected chi connectivity index (χ0v) is 44.0. The summed E-state index contributed by atoms with van der Waals surface area (Å²) in [6.07, 6.45) is 9.22. The number of fused-ring (bicyclic) bond motifs is 17. The van der Waals surface area contributed by atoms with E-state index >= 15 is 8.78 Å². The van der Waals surface area contributed by atoms with Crippen LogP contribution in [0.2, 0.25) is 0 Å². The summed E-state index contributed by atoms with van der Waals surface area (Å²) in [6.45, 7) is 7.17. The lowest BCUT2D eigenvalue weighted by Gasteiger charge is -2.45. The number of hydrogen-bond acceptors (Lipinski definition) is 3. The monoisotopic (exact) mass is 1030 g/mol. The van der Waals surface area contributed by atoms with Crippen molar-refractivity contribution >= 4 is 118 Å². The number of halogens is 2. The van der Waals surface area contributed by atoms with Gasteiger partial charge in [0, 0.05) is 107 Å². The van der Waals surface area contributed by atoms with Gasteiger partial charge in [0.05, 0.1) is 33.5 Å². The molecule has 77 heavy (non-hydrogen) atoms. The summed E-state index contributed by atoms with van der Waals surface area (Å²) in [4.78, 5) is 2.65. The minimum atomic E-state index is -0.873. The highest BCUT2D eigenvalue weighted by Crippen LogP contribution is 2.62. The molecule has 0 spiro atoms. The van der Waals surface area contributed by atoms with Gasteiger partial charge in [-0.15, -0.1) is 22.7 Å². The summed E-state index contributed by atoms with van der Waals surface area (Å²) >= 11 is 3.72. The Kier molecular flexibility index (Phi) is 9.39. The molecule has 10 aromatic carbocycles. The van der Waals surface area contributed by atoms with Crippen LogP contribution in [0.3, 0.4) is 0 Å². The number of para-hydroxylation sites is 3. The Morgan fingerprint density at radius 3 is 1.64 bits per heavy atom. The Hall–Kier alpha value is -8.62. The van der Waals surface area contributed by atoms with Gasteiger partial charge >= 0.3 is 0 Å². The molecular formula is C70H47F2N3S2. The number of nitrogens with zero attached hydrogens (tertiary/aromatic N) is 3. The van der Waals surface area contributed by atoms with Gasteiger partial charge in [-0.3, -0.25) is 0 Å². The maximum absolute atomic E-state index is 15.5. The zero-order chi connectivity index (χ0) is 51.5. The molecule has 368 valence electrons. The highest BCUT2D eigenvalue weighted by molar-refractivity contribution is 7.27.